The predicted molar refractivity (Wildman–Crippen MR) is 124 cm³/mol. The lowest BCUT2D eigenvalue weighted by Crippen LogP contribution is -2.46. The minimum absolute atomic E-state index is 0.0619. The third kappa shape index (κ3) is 4.80. The summed E-state index contributed by atoms with van der Waals surface area (Å²) in [7, 11) is 4.50. The third-order valence-electron chi connectivity index (χ3n) is 5.61. The molecule has 0 unspecified atom stereocenters. The van der Waals surface area contributed by atoms with Crippen LogP contribution in [-0.4, -0.2) is 48.1 Å². The molecule has 1 amide bonds. The Labute approximate surface area is 195 Å². The van der Waals surface area contributed by atoms with E-state index in [4.69, 9.17) is 14.2 Å². The highest BCUT2D eigenvalue weighted by molar-refractivity contribution is 5.91. The maximum Gasteiger partial charge on any atom is 0.352 e. The lowest BCUT2D eigenvalue weighted by Gasteiger charge is -2.14. The lowest BCUT2D eigenvalue weighted by molar-refractivity contribution is 0.0942. The van der Waals surface area contributed by atoms with Crippen LogP contribution in [0.15, 0.2) is 52.1 Å². The largest absolute Gasteiger partial charge is 0.497 e. The van der Waals surface area contributed by atoms with E-state index in [0.717, 1.165) is 22.1 Å². The maximum absolute atomic E-state index is 13.4. The van der Waals surface area contributed by atoms with Crippen molar-refractivity contribution >= 4 is 5.91 Å². The average molecular weight is 466 g/mol. The number of carbonyl (C=O) groups excluding carboxylic acids is 1. The van der Waals surface area contributed by atoms with Crippen LogP contribution in [0.1, 0.15) is 28.9 Å². The quantitative estimate of drug-likeness (QED) is 0.510. The molecular formula is C24H26N4O6. The Morgan fingerprint density at radius 1 is 1.03 bits per heavy atom. The number of nitrogens with one attached hydrogen (secondary N) is 1. The number of methoxy groups -OCH3 is 3. The Balaban J connectivity index is 1.83. The van der Waals surface area contributed by atoms with Gasteiger partial charge in [0, 0.05) is 12.6 Å². The number of aromatic nitrogens is 3. The summed E-state index contributed by atoms with van der Waals surface area (Å²) in [6, 6.07) is 11.8. The Morgan fingerprint density at radius 2 is 1.79 bits per heavy atom. The first-order valence-corrected chi connectivity index (χ1v) is 10.8. The molecule has 0 radical (unpaired) electrons. The van der Waals surface area contributed by atoms with E-state index >= 15 is 0 Å². The van der Waals surface area contributed by atoms with Crippen molar-refractivity contribution in [3.63, 3.8) is 0 Å². The van der Waals surface area contributed by atoms with Crippen LogP contribution in [0.25, 0.3) is 5.69 Å². The zero-order chi connectivity index (χ0) is 24.2. The van der Waals surface area contributed by atoms with E-state index in [1.807, 2.05) is 0 Å². The van der Waals surface area contributed by atoms with Crippen molar-refractivity contribution in [1.82, 2.24) is 19.7 Å². The maximum atomic E-state index is 13.4. The van der Waals surface area contributed by atoms with Crippen molar-refractivity contribution in [2.45, 2.75) is 19.4 Å². The molecule has 0 bridgehead atoms. The molecule has 1 heterocycles. The highest BCUT2D eigenvalue weighted by atomic mass is 16.5. The van der Waals surface area contributed by atoms with Gasteiger partial charge in [-0.25, -0.2) is 4.79 Å². The zero-order valence-corrected chi connectivity index (χ0v) is 19.2. The summed E-state index contributed by atoms with van der Waals surface area (Å²) < 4.78 is 17.8. The molecule has 1 aliphatic rings. The van der Waals surface area contributed by atoms with Crippen molar-refractivity contribution in [2.75, 3.05) is 27.9 Å². The highest BCUT2D eigenvalue weighted by Gasteiger charge is 2.25. The van der Waals surface area contributed by atoms with Crippen molar-refractivity contribution in [2.24, 2.45) is 5.92 Å². The van der Waals surface area contributed by atoms with Gasteiger partial charge in [0.2, 0.25) is 5.69 Å². The van der Waals surface area contributed by atoms with Gasteiger partial charge in [-0.1, -0.05) is 12.1 Å². The van der Waals surface area contributed by atoms with E-state index in [1.54, 1.807) is 42.5 Å². The minimum atomic E-state index is -0.766. The van der Waals surface area contributed by atoms with Crippen LogP contribution >= 0.6 is 0 Å². The van der Waals surface area contributed by atoms with Crippen LogP contribution in [0.4, 0.5) is 0 Å². The van der Waals surface area contributed by atoms with E-state index < -0.39 is 17.2 Å². The molecule has 1 fully saturated rings. The number of amides is 1. The molecule has 2 aromatic carbocycles. The lowest BCUT2D eigenvalue weighted by atomic mass is 10.2. The fourth-order valence-corrected chi connectivity index (χ4v) is 3.52. The molecule has 1 N–H and O–H groups in total. The Hall–Kier alpha value is -4.08. The summed E-state index contributed by atoms with van der Waals surface area (Å²) in [5.41, 5.74) is -0.846. The standard InChI is InChI=1S/C24H26N4O6/c1-32-18-6-4-5-16(11-18)14-27-23(30)21(22(29)25-13-15-7-8-15)26-28(24(27)31)17-9-10-19(33-2)20(12-17)34-3/h4-6,9-12,15H,7-8,13-14H2,1-3H3,(H,25,29). The van der Waals surface area contributed by atoms with E-state index in [-0.39, 0.29) is 12.2 Å². The van der Waals surface area contributed by atoms with Crippen LogP contribution in [0.3, 0.4) is 0 Å². The normalized spacial score (nSPS) is 12.8. The Kier molecular flexibility index (Phi) is 6.67. The van der Waals surface area contributed by atoms with Gasteiger partial charge in [0.05, 0.1) is 33.6 Å². The number of ether oxygens (including phenoxy) is 3. The molecule has 0 atom stereocenters. The highest BCUT2D eigenvalue weighted by Crippen LogP contribution is 2.29. The van der Waals surface area contributed by atoms with Crippen molar-refractivity contribution in [3.05, 3.63) is 74.6 Å². The van der Waals surface area contributed by atoms with Crippen LogP contribution in [-0.2, 0) is 6.54 Å². The summed E-state index contributed by atoms with van der Waals surface area (Å²) in [6.07, 6.45) is 2.08. The summed E-state index contributed by atoms with van der Waals surface area (Å²) >= 11 is 0. The predicted octanol–water partition coefficient (Wildman–Crippen LogP) is 1.61. The van der Waals surface area contributed by atoms with Crippen LogP contribution in [0.2, 0.25) is 0 Å². The monoisotopic (exact) mass is 466 g/mol. The van der Waals surface area contributed by atoms with Gasteiger partial charge in [-0.2, -0.15) is 9.78 Å². The number of hydrogen-bond acceptors (Lipinski definition) is 7. The van der Waals surface area contributed by atoms with E-state index in [2.05, 4.69) is 10.4 Å². The second kappa shape index (κ2) is 9.82. The topological polar surface area (TPSA) is 114 Å². The fraction of sp³-hybridized carbons (Fsp3) is 0.333. The molecule has 1 saturated carbocycles. The number of nitrogens with zero attached hydrogens (tertiary/aromatic N) is 3. The van der Waals surface area contributed by atoms with Gasteiger partial charge >= 0.3 is 5.69 Å². The molecule has 4 rings (SSSR count). The first kappa shape index (κ1) is 23.1. The van der Waals surface area contributed by atoms with Crippen LogP contribution in [0, 0.1) is 5.92 Å². The fourth-order valence-electron chi connectivity index (χ4n) is 3.52. The van der Waals surface area contributed by atoms with E-state index in [1.165, 1.54) is 21.3 Å². The van der Waals surface area contributed by atoms with Crippen molar-refractivity contribution < 1.29 is 19.0 Å². The second-order valence-corrected chi connectivity index (χ2v) is 7.98. The van der Waals surface area contributed by atoms with Crippen molar-refractivity contribution in [1.29, 1.82) is 0 Å². The van der Waals surface area contributed by atoms with E-state index in [0.29, 0.717) is 41.0 Å². The Morgan fingerprint density at radius 3 is 2.47 bits per heavy atom. The third-order valence-corrected chi connectivity index (χ3v) is 5.61. The SMILES string of the molecule is COc1cccc(Cn2c(=O)c(C(=O)NCC3CC3)nn(-c3ccc(OC)c(OC)c3)c2=O)c1. The zero-order valence-electron chi connectivity index (χ0n) is 19.2. The van der Waals surface area contributed by atoms with Crippen LogP contribution in [0.5, 0.6) is 17.2 Å². The minimum Gasteiger partial charge on any atom is -0.497 e. The molecule has 0 spiro atoms. The van der Waals surface area contributed by atoms with Crippen molar-refractivity contribution in [3.8, 4) is 22.9 Å². The second-order valence-electron chi connectivity index (χ2n) is 7.98. The van der Waals surface area contributed by atoms with Gasteiger partial charge in [-0.05, 0) is 48.6 Å². The average Bonchev–Trinajstić information content (AvgIpc) is 3.69. The first-order valence-electron chi connectivity index (χ1n) is 10.8. The molecular weight excluding hydrogens is 440 g/mol. The number of carbonyl (C=O) groups is 1. The first-order chi connectivity index (χ1) is 16.4. The van der Waals surface area contributed by atoms with Gasteiger partial charge in [-0.3, -0.25) is 14.2 Å². The number of hydrogen-bond donors (Lipinski definition) is 1. The molecule has 0 aliphatic heterocycles. The number of rotatable bonds is 9. The molecule has 178 valence electrons. The molecule has 10 nitrogen and oxygen atoms in total. The van der Waals surface area contributed by atoms with Gasteiger partial charge in [0.1, 0.15) is 5.75 Å². The summed E-state index contributed by atoms with van der Waals surface area (Å²) in [4.78, 5) is 39.4. The molecule has 1 aliphatic carbocycles. The van der Waals surface area contributed by atoms with Crippen LogP contribution < -0.4 is 30.8 Å². The van der Waals surface area contributed by atoms with Gasteiger partial charge in [-0.15, -0.1) is 0 Å². The molecule has 1 aromatic heterocycles. The smallest absolute Gasteiger partial charge is 0.352 e. The van der Waals surface area contributed by atoms with Gasteiger partial charge in [0.15, 0.2) is 11.5 Å². The molecule has 0 saturated heterocycles. The molecule has 10 heteroatoms. The summed E-state index contributed by atoms with van der Waals surface area (Å²) in [5.74, 6) is 1.22. The van der Waals surface area contributed by atoms with E-state index in [9.17, 15) is 14.4 Å². The number of benzene rings is 2. The molecule has 3 aromatic rings. The molecule has 34 heavy (non-hydrogen) atoms. The van der Waals surface area contributed by atoms with Gasteiger partial charge in [0.25, 0.3) is 11.5 Å². The Bertz CT molecular complexity index is 1330. The van der Waals surface area contributed by atoms with Gasteiger partial charge < -0.3 is 19.5 Å². The summed E-state index contributed by atoms with van der Waals surface area (Å²) in [5, 5.41) is 6.90. The summed E-state index contributed by atoms with van der Waals surface area (Å²) in [6.45, 7) is 0.402.